The van der Waals surface area contributed by atoms with Crippen LogP contribution in [0.3, 0.4) is 0 Å². The molecular weight excluding hydrogens is 284 g/mol. The van der Waals surface area contributed by atoms with Crippen molar-refractivity contribution in [1.82, 2.24) is 4.98 Å². The minimum Gasteiger partial charge on any atom is -0.389 e. The first kappa shape index (κ1) is 15.1. The molecule has 3 N–H and O–H groups in total. The summed E-state index contributed by atoms with van der Waals surface area (Å²) < 4.78 is 28.6. The maximum absolute atomic E-state index is 11.9. The lowest BCUT2D eigenvalue weighted by molar-refractivity contribution is 0.0215. The van der Waals surface area contributed by atoms with Crippen molar-refractivity contribution in [2.75, 3.05) is 25.1 Å². The van der Waals surface area contributed by atoms with E-state index in [1.165, 1.54) is 5.56 Å². The second-order valence-corrected chi connectivity index (χ2v) is 5.04. The number of anilines is 1. The summed E-state index contributed by atoms with van der Waals surface area (Å²) in [6, 6.07) is 1.97. The first-order valence-corrected chi connectivity index (χ1v) is 6.91. The van der Waals surface area contributed by atoms with Crippen LogP contribution in [0.25, 0.3) is 0 Å². The Bertz CT molecular complexity index is 497. The van der Waals surface area contributed by atoms with E-state index < -0.39 is 13.0 Å². The number of nitrogens with two attached hydrogens (primary N) is 1. The quantitative estimate of drug-likeness (QED) is 0.595. The summed E-state index contributed by atoms with van der Waals surface area (Å²) >= 11 is 5.02. The number of ether oxygens (including phenoxy) is 1. The van der Waals surface area contributed by atoms with Gasteiger partial charge in [0.2, 0.25) is 0 Å². The molecule has 0 amide bonds. The second kappa shape index (κ2) is 6.90. The van der Waals surface area contributed by atoms with Crippen molar-refractivity contribution in [2.24, 2.45) is 5.73 Å². The topological polar surface area (TPSA) is 60.2 Å². The Labute approximate surface area is 121 Å². The average molecular weight is 301 g/mol. The number of hydrogen-bond acceptors (Lipinski definition) is 4. The van der Waals surface area contributed by atoms with Crippen molar-refractivity contribution in [3.8, 4) is 0 Å². The number of halogens is 2. The number of fused-ring (bicyclic) bond motifs is 1. The van der Waals surface area contributed by atoms with Crippen molar-refractivity contribution in [3.05, 3.63) is 22.9 Å². The number of alkyl halides is 2. The van der Waals surface area contributed by atoms with Crippen molar-refractivity contribution < 1.29 is 13.5 Å². The Morgan fingerprint density at radius 3 is 3.00 bits per heavy atom. The van der Waals surface area contributed by atoms with Crippen LogP contribution in [0, 0.1) is 0 Å². The van der Waals surface area contributed by atoms with E-state index in [9.17, 15) is 8.78 Å². The molecule has 0 radical (unpaired) electrons. The van der Waals surface area contributed by atoms with Gasteiger partial charge in [0.1, 0.15) is 17.4 Å². The zero-order valence-electron chi connectivity index (χ0n) is 11.0. The van der Waals surface area contributed by atoms with E-state index in [1.807, 2.05) is 6.07 Å². The Kier molecular flexibility index (Phi) is 5.19. The van der Waals surface area contributed by atoms with Crippen LogP contribution in [0.15, 0.2) is 6.07 Å². The Morgan fingerprint density at radius 2 is 2.30 bits per heavy atom. The molecule has 1 aliphatic rings. The molecule has 0 aromatic carbocycles. The molecule has 20 heavy (non-hydrogen) atoms. The Hall–Kier alpha value is -1.34. The largest absolute Gasteiger partial charge is 0.389 e. The lowest BCUT2D eigenvalue weighted by Gasteiger charge is -2.12. The number of hydrogen-bond donors (Lipinski definition) is 2. The summed E-state index contributed by atoms with van der Waals surface area (Å²) in [4.78, 5) is 4.81. The van der Waals surface area contributed by atoms with Gasteiger partial charge in [0.25, 0.3) is 6.43 Å². The van der Waals surface area contributed by atoms with E-state index in [2.05, 4.69) is 10.3 Å². The molecule has 0 fully saturated rings. The van der Waals surface area contributed by atoms with E-state index in [0.717, 1.165) is 25.0 Å². The fourth-order valence-corrected chi connectivity index (χ4v) is 2.36. The zero-order chi connectivity index (χ0) is 14.5. The number of nitrogens with one attached hydrogen (secondary N) is 1. The van der Waals surface area contributed by atoms with Gasteiger partial charge in [-0.25, -0.2) is 13.8 Å². The van der Waals surface area contributed by atoms with Crippen molar-refractivity contribution in [1.29, 1.82) is 0 Å². The molecule has 0 unspecified atom stereocenters. The third kappa shape index (κ3) is 3.83. The van der Waals surface area contributed by atoms with Crippen LogP contribution in [0.5, 0.6) is 0 Å². The molecular formula is C13H17F2N3OS. The molecule has 0 saturated carbocycles. The van der Waals surface area contributed by atoms with Crippen LogP contribution in [0.1, 0.15) is 23.2 Å². The van der Waals surface area contributed by atoms with Gasteiger partial charge in [-0.05, 0) is 30.9 Å². The molecule has 4 nitrogen and oxygen atoms in total. The van der Waals surface area contributed by atoms with Gasteiger partial charge in [-0.1, -0.05) is 12.2 Å². The average Bonchev–Trinajstić information content (AvgIpc) is 2.83. The van der Waals surface area contributed by atoms with Crippen LogP contribution >= 0.6 is 12.2 Å². The lowest BCUT2D eigenvalue weighted by Crippen LogP contribution is -2.19. The first-order chi connectivity index (χ1) is 9.58. The molecule has 1 aromatic rings. The number of pyridine rings is 1. The van der Waals surface area contributed by atoms with Gasteiger partial charge >= 0.3 is 0 Å². The third-order valence-electron chi connectivity index (χ3n) is 3.10. The fraction of sp³-hybridized carbons (Fsp3) is 0.538. The van der Waals surface area contributed by atoms with Crippen LogP contribution < -0.4 is 11.1 Å². The highest BCUT2D eigenvalue weighted by atomic mass is 32.1. The molecule has 1 aromatic heterocycles. The minimum absolute atomic E-state index is 0.180. The van der Waals surface area contributed by atoms with E-state index in [4.69, 9.17) is 22.7 Å². The molecule has 0 saturated heterocycles. The van der Waals surface area contributed by atoms with Gasteiger partial charge in [0.05, 0.1) is 12.2 Å². The summed E-state index contributed by atoms with van der Waals surface area (Å²) in [6.07, 6.45) is 0.583. The Balaban J connectivity index is 1.98. The normalized spacial score (nSPS) is 13.6. The highest BCUT2D eigenvalue weighted by Crippen LogP contribution is 2.25. The van der Waals surface area contributed by atoms with Gasteiger partial charge in [-0.2, -0.15) is 0 Å². The summed E-state index contributed by atoms with van der Waals surface area (Å²) in [6.45, 7) is 0.00938. The standard InChI is InChI=1S/C13H17F2N3OS/c14-11(15)7-19-5-4-17-13-9(12(16)20)6-8-2-1-3-10(8)18-13/h6,11H,1-5,7H2,(H2,16,20)(H,17,18). The SMILES string of the molecule is NC(=S)c1cc2c(nc1NCCOCC(F)F)CCC2. The molecule has 0 atom stereocenters. The number of aryl methyl sites for hydroxylation is 2. The van der Waals surface area contributed by atoms with Crippen molar-refractivity contribution in [3.63, 3.8) is 0 Å². The monoisotopic (exact) mass is 301 g/mol. The van der Waals surface area contributed by atoms with E-state index in [-0.39, 0.29) is 11.6 Å². The highest BCUT2D eigenvalue weighted by Gasteiger charge is 2.17. The fourth-order valence-electron chi connectivity index (χ4n) is 2.21. The number of thiocarbonyl (C=S) groups is 1. The van der Waals surface area contributed by atoms with E-state index in [0.29, 0.717) is 17.9 Å². The number of rotatable bonds is 7. The predicted molar refractivity (Wildman–Crippen MR) is 77.5 cm³/mol. The van der Waals surface area contributed by atoms with Crippen LogP contribution in [0.4, 0.5) is 14.6 Å². The third-order valence-corrected chi connectivity index (χ3v) is 3.32. The molecule has 1 aliphatic carbocycles. The number of aromatic nitrogens is 1. The van der Waals surface area contributed by atoms with Gasteiger partial charge in [0.15, 0.2) is 0 Å². The maximum Gasteiger partial charge on any atom is 0.261 e. The summed E-state index contributed by atoms with van der Waals surface area (Å²) in [5.74, 6) is 0.610. The molecule has 110 valence electrons. The first-order valence-electron chi connectivity index (χ1n) is 6.50. The number of nitrogens with zero attached hydrogens (tertiary/aromatic N) is 1. The molecule has 0 bridgehead atoms. The van der Waals surface area contributed by atoms with Crippen molar-refractivity contribution >= 4 is 23.0 Å². The van der Waals surface area contributed by atoms with Crippen LogP contribution in [-0.2, 0) is 17.6 Å². The summed E-state index contributed by atoms with van der Waals surface area (Å²) in [5, 5.41) is 3.05. The summed E-state index contributed by atoms with van der Waals surface area (Å²) in [5.41, 5.74) is 8.65. The smallest absolute Gasteiger partial charge is 0.261 e. The lowest BCUT2D eigenvalue weighted by atomic mass is 10.1. The molecule has 0 spiro atoms. The Morgan fingerprint density at radius 1 is 1.50 bits per heavy atom. The van der Waals surface area contributed by atoms with Crippen molar-refractivity contribution in [2.45, 2.75) is 25.7 Å². The van der Waals surface area contributed by atoms with Gasteiger partial charge < -0.3 is 15.8 Å². The van der Waals surface area contributed by atoms with Crippen LogP contribution in [0.2, 0.25) is 0 Å². The zero-order valence-corrected chi connectivity index (χ0v) is 11.8. The molecule has 0 aliphatic heterocycles. The predicted octanol–water partition coefficient (Wildman–Crippen LogP) is 1.90. The highest BCUT2D eigenvalue weighted by molar-refractivity contribution is 7.80. The van der Waals surface area contributed by atoms with Crippen LogP contribution in [-0.4, -0.2) is 36.2 Å². The molecule has 2 rings (SSSR count). The second-order valence-electron chi connectivity index (χ2n) is 4.60. The van der Waals surface area contributed by atoms with Gasteiger partial charge in [0, 0.05) is 12.2 Å². The molecule has 1 heterocycles. The maximum atomic E-state index is 11.9. The van der Waals surface area contributed by atoms with E-state index in [1.54, 1.807) is 0 Å². The van der Waals surface area contributed by atoms with Gasteiger partial charge in [-0.15, -0.1) is 0 Å². The summed E-state index contributed by atoms with van der Waals surface area (Å²) in [7, 11) is 0. The van der Waals surface area contributed by atoms with E-state index >= 15 is 0 Å². The van der Waals surface area contributed by atoms with Gasteiger partial charge in [-0.3, -0.25) is 0 Å². The molecule has 7 heteroatoms. The minimum atomic E-state index is -2.44.